The Hall–Kier alpha value is -2.51. The minimum atomic E-state index is -0.462. The summed E-state index contributed by atoms with van der Waals surface area (Å²) >= 11 is 0. The predicted octanol–water partition coefficient (Wildman–Crippen LogP) is 3.70. The third-order valence-electron chi connectivity index (χ3n) is 4.80. The van der Waals surface area contributed by atoms with Crippen LogP contribution >= 0.6 is 0 Å². The van der Waals surface area contributed by atoms with E-state index in [1.54, 1.807) is 6.07 Å². The molecular weight excluding hydrogens is 337 g/mol. The first-order valence-electron chi connectivity index (χ1n) is 8.52. The number of nitrogens with zero attached hydrogens (tertiary/aromatic N) is 2. The number of nitro groups is 1. The number of hydrogen-bond donors (Lipinski definition) is 1. The molecule has 1 atom stereocenters. The minimum Gasteiger partial charge on any atom is -0.450 e. The molecule has 6 nitrogen and oxygen atoms in total. The normalized spacial score (nSPS) is 20.3. The molecule has 0 amide bonds. The Morgan fingerprint density at radius 1 is 1.31 bits per heavy atom. The van der Waals surface area contributed by atoms with Gasteiger partial charge in [0.15, 0.2) is 0 Å². The van der Waals surface area contributed by atoms with E-state index in [0.29, 0.717) is 18.8 Å². The van der Waals surface area contributed by atoms with E-state index >= 15 is 0 Å². The fourth-order valence-electron chi connectivity index (χ4n) is 3.21. The zero-order valence-electron chi connectivity index (χ0n) is 14.7. The molecule has 1 fully saturated rings. The Labute approximate surface area is 151 Å². The molecule has 138 valence electrons. The van der Waals surface area contributed by atoms with Gasteiger partial charge in [0.25, 0.3) is 0 Å². The summed E-state index contributed by atoms with van der Waals surface area (Å²) in [6, 6.07) is 10.3. The quantitative estimate of drug-likeness (QED) is 0.628. The monoisotopic (exact) mass is 359 g/mol. The van der Waals surface area contributed by atoms with Gasteiger partial charge in [-0.1, -0.05) is 13.0 Å². The molecule has 0 aliphatic carbocycles. The number of benzene rings is 2. The van der Waals surface area contributed by atoms with Gasteiger partial charge in [0, 0.05) is 19.2 Å². The van der Waals surface area contributed by atoms with Crippen molar-refractivity contribution in [2.75, 3.05) is 19.6 Å². The Balaban J connectivity index is 1.76. The molecule has 0 radical (unpaired) electrons. The van der Waals surface area contributed by atoms with E-state index in [1.807, 2.05) is 6.07 Å². The van der Waals surface area contributed by atoms with E-state index in [0.717, 1.165) is 25.1 Å². The van der Waals surface area contributed by atoms with Crippen LogP contribution < -0.4 is 10.5 Å². The van der Waals surface area contributed by atoms with Crippen molar-refractivity contribution >= 4 is 5.69 Å². The highest BCUT2D eigenvalue weighted by Crippen LogP contribution is 2.34. The molecule has 0 spiro atoms. The van der Waals surface area contributed by atoms with Crippen LogP contribution in [0.25, 0.3) is 0 Å². The van der Waals surface area contributed by atoms with E-state index in [1.165, 1.54) is 30.3 Å². The van der Waals surface area contributed by atoms with Crippen LogP contribution in [0.4, 0.5) is 10.1 Å². The van der Waals surface area contributed by atoms with Crippen molar-refractivity contribution in [1.29, 1.82) is 0 Å². The van der Waals surface area contributed by atoms with Crippen molar-refractivity contribution in [2.45, 2.75) is 19.9 Å². The summed E-state index contributed by atoms with van der Waals surface area (Å²) in [6.45, 7) is 5.23. The molecule has 2 N–H and O–H groups in total. The van der Waals surface area contributed by atoms with Crippen LogP contribution in [0.15, 0.2) is 42.5 Å². The Morgan fingerprint density at radius 2 is 2.04 bits per heavy atom. The highest BCUT2D eigenvalue weighted by Gasteiger charge is 2.32. The predicted molar refractivity (Wildman–Crippen MR) is 96.6 cm³/mol. The van der Waals surface area contributed by atoms with Crippen molar-refractivity contribution in [2.24, 2.45) is 11.1 Å². The number of likely N-dealkylation sites (tertiary alicyclic amines) is 1. The summed E-state index contributed by atoms with van der Waals surface area (Å²) in [5.74, 6) is 0.0939. The molecule has 2 aromatic carbocycles. The molecule has 0 aromatic heterocycles. The lowest BCUT2D eigenvalue weighted by Gasteiger charge is -2.22. The van der Waals surface area contributed by atoms with Gasteiger partial charge in [-0.2, -0.15) is 0 Å². The smallest absolute Gasteiger partial charge is 0.311 e. The van der Waals surface area contributed by atoms with Crippen LogP contribution in [0, 0.1) is 21.3 Å². The lowest BCUT2D eigenvalue weighted by molar-refractivity contribution is -0.385. The van der Waals surface area contributed by atoms with E-state index in [-0.39, 0.29) is 16.9 Å². The molecule has 7 heteroatoms. The topological polar surface area (TPSA) is 81.6 Å². The highest BCUT2D eigenvalue weighted by atomic mass is 19.1. The average molecular weight is 359 g/mol. The molecule has 1 saturated heterocycles. The van der Waals surface area contributed by atoms with Gasteiger partial charge < -0.3 is 10.5 Å². The number of hydrogen-bond acceptors (Lipinski definition) is 5. The molecule has 1 unspecified atom stereocenters. The van der Waals surface area contributed by atoms with E-state index in [2.05, 4.69) is 11.8 Å². The highest BCUT2D eigenvalue weighted by molar-refractivity contribution is 5.50. The fraction of sp³-hybridized carbons (Fsp3) is 0.368. The number of ether oxygens (including phenoxy) is 1. The lowest BCUT2D eigenvalue weighted by Crippen LogP contribution is -2.31. The molecule has 26 heavy (non-hydrogen) atoms. The fourth-order valence-corrected chi connectivity index (χ4v) is 3.21. The maximum Gasteiger partial charge on any atom is 0.311 e. The number of rotatable bonds is 6. The second kappa shape index (κ2) is 7.39. The van der Waals surface area contributed by atoms with Crippen LogP contribution in [0.2, 0.25) is 0 Å². The van der Waals surface area contributed by atoms with Crippen molar-refractivity contribution in [3.05, 3.63) is 64.0 Å². The first kappa shape index (κ1) is 18.3. The second-order valence-electron chi connectivity index (χ2n) is 7.09. The molecular formula is C19H22FN3O3. The van der Waals surface area contributed by atoms with Crippen molar-refractivity contribution in [1.82, 2.24) is 4.90 Å². The van der Waals surface area contributed by atoms with E-state index in [9.17, 15) is 14.5 Å². The lowest BCUT2D eigenvalue weighted by atomic mass is 9.90. The van der Waals surface area contributed by atoms with Gasteiger partial charge in [0.1, 0.15) is 11.6 Å². The van der Waals surface area contributed by atoms with Crippen LogP contribution in [-0.2, 0) is 6.54 Å². The molecule has 2 aromatic rings. The summed E-state index contributed by atoms with van der Waals surface area (Å²) in [4.78, 5) is 13.2. The van der Waals surface area contributed by atoms with Crippen LogP contribution in [0.3, 0.4) is 0 Å². The standard InChI is InChI=1S/C19H22FN3O3/c1-19(12-21)8-9-22(13-19)11-14-2-7-18(17(10-14)23(24)25)26-16-5-3-15(20)4-6-16/h2-7,10H,8-9,11-13,21H2,1H3. The zero-order valence-corrected chi connectivity index (χ0v) is 14.7. The van der Waals surface area contributed by atoms with Gasteiger partial charge in [-0.05, 0) is 60.8 Å². The first-order valence-corrected chi connectivity index (χ1v) is 8.52. The van der Waals surface area contributed by atoms with Gasteiger partial charge in [0.05, 0.1) is 4.92 Å². The van der Waals surface area contributed by atoms with Gasteiger partial charge in [0.2, 0.25) is 5.75 Å². The molecule has 0 saturated carbocycles. The number of nitro benzene ring substituents is 1. The van der Waals surface area contributed by atoms with Crippen LogP contribution in [0.1, 0.15) is 18.9 Å². The summed E-state index contributed by atoms with van der Waals surface area (Å²) in [7, 11) is 0. The van der Waals surface area contributed by atoms with Gasteiger partial charge in [-0.3, -0.25) is 15.0 Å². The largest absolute Gasteiger partial charge is 0.450 e. The maximum absolute atomic E-state index is 13.0. The second-order valence-corrected chi connectivity index (χ2v) is 7.09. The maximum atomic E-state index is 13.0. The first-order chi connectivity index (χ1) is 12.4. The Kier molecular flexibility index (Phi) is 5.20. The van der Waals surface area contributed by atoms with Gasteiger partial charge >= 0.3 is 5.69 Å². The van der Waals surface area contributed by atoms with Crippen molar-refractivity contribution < 1.29 is 14.1 Å². The molecule has 0 bridgehead atoms. The van der Waals surface area contributed by atoms with Crippen LogP contribution in [0.5, 0.6) is 11.5 Å². The summed E-state index contributed by atoms with van der Waals surface area (Å²) in [5.41, 5.74) is 6.69. The van der Waals surface area contributed by atoms with Gasteiger partial charge in [-0.15, -0.1) is 0 Å². The molecule has 1 heterocycles. The third-order valence-corrected chi connectivity index (χ3v) is 4.80. The van der Waals surface area contributed by atoms with E-state index in [4.69, 9.17) is 10.5 Å². The molecule has 3 rings (SSSR count). The third kappa shape index (κ3) is 4.17. The molecule has 1 aliphatic rings. The van der Waals surface area contributed by atoms with Crippen LogP contribution in [-0.4, -0.2) is 29.5 Å². The van der Waals surface area contributed by atoms with Crippen molar-refractivity contribution in [3.8, 4) is 11.5 Å². The van der Waals surface area contributed by atoms with E-state index < -0.39 is 10.7 Å². The Bertz CT molecular complexity index is 797. The zero-order chi connectivity index (χ0) is 18.7. The van der Waals surface area contributed by atoms with Gasteiger partial charge in [-0.25, -0.2) is 4.39 Å². The minimum absolute atomic E-state index is 0.104. The van der Waals surface area contributed by atoms with Crippen molar-refractivity contribution in [3.63, 3.8) is 0 Å². The number of halogens is 1. The summed E-state index contributed by atoms with van der Waals surface area (Å²) < 4.78 is 18.5. The average Bonchev–Trinajstić information content (AvgIpc) is 2.99. The summed E-state index contributed by atoms with van der Waals surface area (Å²) in [5, 5.41) is 11.4. The molecule has 1 aliphatic heterocycles. The number of nitrogens with two attached hydrogens (primary N) is 1. The SMILES string of the molecule is CC1(CN)CCN(Cc2ccc(Oc3ccc(F)cc3)c([N+](=O)[O-])c2)C1. The Morgan fingerprint density at radius 3 is 2.65 bits per heavy atom. The summed E-state index contributed by atoms with van der Waals surface area (Å²) in [6.07, 6.45) is 1.03.